The lowest BCUT2D eigenvalue weighted by Gasteiger charge is -2.07. The second-order valence-electron chi connectivity index (χ2n) is 2.50. The first-order valence-corrected chi connectivity index (χ1v) is 4.16. The molecule has 0 aliphatic rings. The number of allylic oxidation sites excluding steroid dienone is 1. The van der Waals surface area contributed by atoms with Crippen LogP contribution >= 0.6 is 0 Å². The fourth-order valence-electron chi connectivity index (χ4n) is 0.871. The van der Waals surface area contributed by atoms with Crippen molar-refractivity contribution in [3.05, 3.63) is 11.3 Å². The highest BCUT2D eigenvalue weighted by molar-refractivity contribution is 6.18. The van der Waals surface area contributed by atoms with Gasteiger partial charge >= 0.3 is 5.97 Å². The summed E-state index contributed by atoms with van der Waals surface area (Å²) in [4.78, 5) is 11.1. The van der Waals surface area contributed by atoms with Crippen LogP contribution in [0.5, 0.6) is 0 Å². The summed E-state index contributed by atoms with van der Waals surface area (Å²) >= 11 is 0. The topological polar surface area (TPSA) is 70.4 Å². The molecule has 0 bridgehead atoms. The van der Waals surface area contributed by atoms with Gasteiger partial charge < -0.3 is 15.3 Å². The van der Waals surface area contributed by atoms with E-state index in [9.17, 15) is 9.90 Å². The molecule has 13 heavy (non-hydrogen) atoms. The number of nitrogens with one attached hydrogen (secondary N) is 1. The summed E-state index contributed by atoms with van der Waals surface area (Å²) in [6.45, 7) is 3.45. The lowest BCUT2D eigenvalue weighted by molar-refractivity contribution is -0.135. The third kappa shape index (κ3) is 2.89. The summed E-state index contributed by atoms with van der Waals surface area (Å²) in [5, 5.41) is 16.8. The van der Waals surface area contributed by atoms with E-state index in [1.807, 2.05) is 0 Å². The minimum absolute atomic E-state index is 0.00694. The van der Waals surface area contributed by atoms with Gasteiger partial charge in [-0.05, 0) is 6.42 Å². The standard InChI is InChI=1S/C9H15NO3/c1-4-6(10)8(7(11)5-2)9(12)13-3/h10-11H,4-5H2,1-3H3/b8-7+,10-6?. The van der Waals surface area contributed by atoms with Crippen molar-refractivity contribution in [2.75, 3.05) is 7.11 Å². The zero-order chi connectivity index (χ0) is 10.4. The van der Waals surface area contributed by atoms with Gasteiger partial charge in [-0.15, -0.1) is 0 Å². The van der Waals surface area contributed by atoms with Crippen LogP contribution in [-0.2, 0) is 9.53 Å². The Morgan fingerprint density at radius 2 is 1.92 bits per heavy atom. The van der Waals surface area contributed by atoms with Crippen molar-refractivity contribution in [3.8, 4) is 0 Å². The fourth-order valence-corrected chi connectivity index (χ4v) is 0.871. The predicted octanol–water partition coefficient (Wildman–Crippen LogP) is 1.81. The molecule has 4 nitrogen and oxygen atoms in total. The van der Waals surface area contributed by atoms with Gasteiger partial charge in [-0.1, -0.05) is 13.8 Å². The monoisotopic (exact) mass is 185 g/mol. The van der Waals surface area contributed by atoms with Gasteiger partial charge in [0.2, 0.25) is 0 Å². The highest BCUT2D eigenvalue weighted by atomic mass is 16.5. The molecule has 0 fully saturated rings. The van der Waals surface area contributed by atoms with Gasteiger partial charge in [-0.3, -0.25) is 0 Å². The molecule has 0 aromatic heterocycles. The summed E-state index contributed by atoms with van der Waals surface area (Å²) in [7, 11) is 1.23. The number of hydrogen-bond donors (Lipinski definition) is 2. The largest absolute Gasteiger partial charge is 0.511 e. The Hall–Kier alpha value is -1.32. The van der Waals surface area contributed by atoms with Crippen molar-refractivity contribution >= 4 is 11.7 Å². The van der Waals surface area contributed by atoms with Crippen molar-refractivity contribution in [3.63, 3.8) is 0 Å². The normalized spacial score (nSPS) is 11.9. The maximum Gasteiger partial charge on any atom is 0.343 e. The average molecular weight is 185 g/mol. The van der Waals surface area contributed by atoms with Gasteiger partial charge in [0.1, 0.15) is 11.3 Å². The summed E-state index contributed by atoms with van der Waals surface area (Å²) in [5.41, 5.74) is 0.0960. The van der Waals surface area contributed by atoms with Crippen LogP contribution in [0.15, 0.2) is 11.3 Å². The summed E-state index contributed by atoms with van der Waals surface area (Å²) in [6.07, 6.45) is 0.724. The highest BCUT2D eigenvalue weighted by Crippen LogP contribution is 2.10. The quantitative estimate of drug-likeness (QED) is 0.304. The molecule has 4 heteroatoms. The Labute approximate surface area is 77.7 Å². The number of aliphatic hydroxyl groups is 1. The molecule has 0 saturated heterocycles. The van der Waals surface area contributed by atoms with E-state index in [0.29, 0.717) is 12.8 Å². The average Bonchev–Trinajstić information content (AvgIpc) is 2.16. The molecule has 0 heterocycles. The zero-order valence-electron chi connectivity index (χ0n) is 8.18. The fraction of sp³-hybridized carbons (Fsp3) is 0.556. The molecule has 0 saturated carbocycles. The number of esters is 1. The molecular formula is C9H15NO3. The van der Waals surface area contributed by atoms with E-state index >= 15 is 0 Å². The summed E-state index contributed by atoms with van der Waals surface area (Å²) in [6, 6.07) is 0. The first-order chi connectivity index (χ1) is 6.08. The molecule has 0 aromatic rings. The highest BCUT2D eigenvalue weighted by Gasteiger charge is 2.18. The van der Waals surface area contributed by atoms with Crippen LogP contribution < -0.4 is 0 Å². The van der Waals surface area contributed by atoms with Crippen LogP contribution in [0.2, 0.25) is 0 Å². The van der Waals surface area contributed by atoms with Crippen LogP contribution in [0.3, 0.4) is 0 Å². The Morgan fingerprint density at radius 3 is 2.23 bits per heavy atom. The number of hydrogen-bond acceptors (Lipinski definition) is 4. The van der Waals surface area contributed by atoms with E-state index < -0.39 is 5.97 Å². The minimum atomic E-state index is -0.647. The molecule has 0 aliphatic carbocycles. The van der Waals surface area contributed by atoms with Crippen molar-refractivity contribution in [2.45, 2.75) is 26.7 Å². The number of ether oxygens (including phenoxy) is 1. The molecule has 74 valence electrons. The van der Waals surface area contributed by atoms with Gasteiger partial charge in [-0.25, -0.2) is 4.79 Å². The Morgan fingerprint density at radius 1 is 1.38 bits per heavy atom. The van der Waals surface area contributed by atoms with E-state index in [4.69, 9.17) is 5.41 Å². The van der Waals surface area contributed by atoms with Gasteiger partial charge in [0.15, 0.2) is 0 Å². The molecule has 0 unspecified atom stereocenters. The van der Waals surface area contributed by atoms with Gasteiger partial charge in [-0.2, -0.15) is 0 Å². The first kappa shape index (κ1) is 11.7. The third-order valence-corrected chi connectivity index (χ3v) is 1.67. The molecule has 0 rings (SSSR count). The lowest BCUT2D eigenvalue weighted by Crippen LogP contribution is -2.15. The number of carbonyl (C=O) groups is 1. The van der Waals surface area contributed by atoms with Crippen molar-refractivity contribution in [1.29, 1.82) is 5.41 Å². The van der Waals surface area contributed by atoms with E-state index in [1.165, 1.54) is 7.11 Å². The molecule has 0 radical (unpaired) electrons. The third-order valence-electron chi connectivity index (χ3n) is 1.67. The molecule has 0 aliphatic heterocycles. The summed E-state index contributed by atoms with van der Waals surface area (Å²) < 4.78 is 4.46. The zero-order valence-corrected chi connectivity index (χ0v) is 8.18. The molecule has 2 N–H and O–H groups in total. The molecule has 0 spiro atoms. The smallest absolute Gasteiger partial charge is 0.343 e. The lowest BCUT2D eigenvalue weighted by atomic mass is 10.1. The SMILES string of the molecule is CCC(=N)/C(C(=O)OC)=C(\O)CC. The molecule has 0 amide bonds. The van der Waals surface area contributed by atoms with E-state index in [-0.39, 0.29) is 17.0 Å². The summed E-state index contributed by atoms with van der Waals surface area (Å²) in [5.74, 6) is -0.732. The maximum atomic E-state index is 11.1. The Kier molecular flexibility index (Phi) is 4.80. The predicted molar refractivity (Wildman–Crippen MR) is 50.0 cm³/mol. The van der Waals surface area contributed by atoms with Crippen molar-refractivity contribution < 1.29 is 14.6 Å². The van der Waals surface area contributed by atoms with Gasteiger partial charge in [0, 0.05) is 12.1 Å². The Bertz CT molecular complexity index is 225. The number of methoxy groups -OCH3 is 1. The van der Waals surface area contributed by atoms with E-state index in [2.05, 4.69) is 4.74 Å². The van der Waals surface area contributed by atoms with Crippen molar-refractivity contribution in [1.82, 2.24) is 0 Å². The molecule has 0 aromatic carbocycles. The second-order valence-corrected chi connectivity index (χ2v) is 2.50. The van der Waals surface area contributed by atoms with Gasteiger partial charge in [0.25, 0.3) is 0 Å². The van der Waals surface area contributed by atoms with Crippen LogP contribution in [0.1, 0.15) is 26.7 Å². The second kappa shape index (κ2) is 5.35. The molecule has 0 atom stereocenters. The number of aliphatic hydroxyl groups excluding tert-OH is 1. The van der Waals surface area contributed by atoms with Crippen LogP contribution in [0, 0.1) is 5.41 Å². The van der Waals surface area contributed by atoms with Gasteiger partial charge in [0.05, 0.1) is 7.11 Å². The molecular weight excluding hydrogens is 170 g/mol. The first-order valence-electron chi connectivity index (χ1n) is 4.16. The van der Waals surface area contributed by atoms with Crippen LogP contribution in [0.25, 0.3) is 0 Å². The maximum absolute atomic E-state index is 11.1. The number of rotatable bonds is 4. The van der Waals surface area contributed by atoms with E-state index in [0.717, 1.165) is 0 Å². The number of carbonyl (C=O) groups excluding carboxylic acids is 1. The van der Waals surface area contributed by atoms with Crippen LogP contribution in [-0.4, -0.2) is 23.9 Å². The van der Waals surface area contributed by atoms with Crippen molar-refractivity contribution in [2.24, 2.45) is 0 Å². The van der Waals surface area contributed by atoms with E-state index in [1.54, 1.807) is 13.8 Å². The Balaban J connectivity index is 4.97. The van der Waals surface area contributed by atoms with Crippen LogP contribution in [0.4, 0.5) is 0 Å². The minimum Gasteiger partial charge on any atom is -0.511 e.